The average Bonchev–Trinajstić information content (AvgIpc) is 2.80. The molecule has 1 aliphatic rings. The van der Waals surface area contributed by atoms with Gasteiger partial charge in [-0.05, 0) is 43.4 Å². The number of carbonyl (C=O) groups is 1. The first-order chi connectivity index (χ1) is 14.9. The van der Waals surface area contributed by atoms with Crippen molar-refractivity contribution in [2.24, 2.45) is 7.05 Å². The Morgan fingerprint density at radius 2 is 1.81 bits per heavy atom. The van der Waals surface area contributed by atoms with Gasteiger partial charge in [0.2, 0.25) is 0 Å². The number of aromatic nitrogens is 3. The number of aryl methyl sites for hydroxylation is 2. The second kappa shape index (κ2) is 8.34. The number of hydrogen-bond donors (Lipinski definition) is 0. The van der Waals surface area contributed by atoms with Crippen LogP contribution in [0.5, 0.6) is 0 Å². The summed E-state index contributed by atoms with van der Waals surface area (Å²) in [6, 6.07) is 9.15. The fraction of sp³-hybridized carbons (Fsp3) is 0.333. The lowest BCUT2D eigenvalue weighted by atomic mass is 10.1. The molecule has 0 spiro atoms. The molecule has 7 nitrogen and oxygen atoms in total. The average molecular weight is 418 g/mol. The first kappa shape index (κ1) is 20.8. The summed E-state index contributed by atoms with van der Waals surface area (Å²) in [4.78, 5) is 46.0. The predicted octanol–water partition coefficient (Wildman–Crippen LogP) is 2.72. The molecule has 3 aromatic rings. The van der Waals surface area contributed by atoms with Crippen LogP contribution in [0.4, 0.5) is 0 Å². The number of rotatable bonds is 4. The second-order valence-electron chi connectivity index (χ2n) is 8.04. The zero-order chi connectivity index (χ0) is 22.1. The van der Waals surface area contributed by atoms with E-state index in [4.69, 9.17) is 0 Å². The highest BCUT2D eigenvalue weighted by Crippen LogP contribution is 2.19. The Morgan fingerprint density at radius 3 is 2.45 bits per heavy atom. The topological polar surface area (TPSA) is 77.2 Å². The number of fused-ring (bicyclic) bond motifs is 1. The fourth-order valence-corrected chi connectivity index (χ4v) is 4.12. The maximum atomic E-state index is 13.5. The van der Waals surface area contributed by atoms with Crippen LogP contribution in [0.15, 0.2) is 46.5 Å². The molecule has 0 aliphatic carbocycles. The van der Waals surface area contributed by atoms with Crippen LogP contribution in [0.1, 0.15) is 46.4 Å². The van der Waals surface area contributed by atoms with E-state index in [9.17, 15) is 14.4 Å². The Morgan fingerprint density at radius 1 is 1.13 bits per heavy atom. The van der Waals surface area contributed by atoms with Crippen molar-refractivity contribution >= 4 is 23.0 Å². The van der Waals surface area contributed by atoms with Crippen molar-refractivity contribution in [3.63, 3.8) is 0 Å². The third-order valence-electron chi connectivity index (χ3n) is 5.85. The third-order valence-corrected chi connectivity index (χ3v) is 5.85. The van der Waals surface area contributed by atoms with Crippen molar-refractivity contribution in [1.82, 2.24) is 19.0 Å². The largest absolute Gasteiger partial charge is 0.339 e. The molecule has 0 radical (unpaired) electrons. The molecule has 0 saturated carbocycles. The maximum absolute atomic E-state index is 13.5. The van der Waals surface area contributed by atoms with Gasteiger partial charge < -0.3 is 4.90 Å². The van der Waals surface area contributed by atoms with Crippen LogP contribution in [0.3, 0.4) is 0 Å². The standard InChI is InChI=1S/C24H26N4O3/c1-4-17-8-10-18(11-9-17)15-28-23(30)20-19(22(29)27-12-6-5-7-13-27)14-16(2)25-21(20)26(3)24(28)31/h4,8-11,14H,1,5-7,12-13,15H2,2-3H3. The Bertz CT molecular complexity index is 1280. The Labute approximate surface area is 180 Å². The summed E-state index contributed by atoms with van der Waals surface area (Å²) < 4.78 is 2.53. The van der Waals surface area contributed by atoms with Crippen molar-refractivity contribution < 1.29 is 4.79 Å². The summed E-state index contributed by atoms with van der Waals surface area (Å²) in [6.07, 6.45) is 4.75. The number of amides is 1. The highest BCUT2D eigenvalue weighted by molar-refractivity contribution is 6.05. The van der Waals surface area contributed by atoms with Crippen LogP contribution < -0.4 is 11.2 Å². The molecule has 1 amide bonds. The minimum atomic E-state index is -0.487. The number of piperidine rings is 1. The molecule has 0 unspecified atom stereocenters. The molecule has 1 saturated heterocycles. The number of nitrogens with zero attached hydrogens (tertiary/aromatic N) is 4. The van der Waals surface area contributed by atoms with Gasteiger partial charge in [-0.3, -0.25) is 18.7 Å². The minimum absolute atomic E-state index is 0.115. The van der Waals surface area contributed by atoms with Gasteiger partial charge in [-0.25, -0.2) is 9.78 Å². The zero-order valence-corrected chi connectivity index (χ0v) is 17.9. The van der Waals surface area contributed by atoms with Crippen molar-refractivity contribution in [2.75, 3.05) is 13.1 Å². The molecule has 1 aromatic carbocycles. The molecule has 1 fully saturated rings. The summed E-state index contributed by atoms with van der Waals surface area (Å²) in [5.41, 5.74) is 1.98. The minimum Gasteiger partial charge on any atom is -0.339 e. The fourth-order valence-electron chi connectivity index (χ4n) is 4.12. The summed E-state index contributed by atoms with van der Waals surface area (Å²) >= 11 is 0. The van der Waals surface area contributed by atoms with Crippen LogP contribution in [0.25, 0.3) is 17.1 Å². The van der Waals surface area contributed by atoms with Crippen LogP contribution in [0.2, 0.25) is 0 Å². The molecule has 0 N–H and O–H groups in total. The van der Waals surface area contributed by atoms with Crippen molar-refractivity contribution in [3.05, 3.63) is 80.1 Å². The van der Waals surface area contributed by atoms with Gasteiger partial charge in [0.15, 0.2) is 0 Å². The molecular weight excluding hydrogens is 392 g/mol. The van der Waals surface area contributed by atoms with Crippen molar-refractivity contribution in [2.45, 2.75) is 32.7 Å². The van der Waals surface area contributed by atoms with Gasteiger partial charge in [-0.2, -0.15) is 0 Å². The molecular formula is C24H26N4O3. The zero-order valence-electron chi connectivity index (χ0n) is 17.9. The molecule has 1 aliphatic heterocycles. The normalized spacial score (nSPS) is 14.1. The Balaban J connectivity index is 1.89. The number of likely N-dealkylation sites (tertiary alicyclic amines) is 1. The van der Waals surface area contributed by atoms with E-state index >= 15 is 0 Å². The summed E-state index contributed by atoms with van der Waals surface area (Å²) in [5.74, 6) is -0.173. The first-order valence-electron chi connectivity index (χ1n) is 10.5. The summed E-state index contributed by atoms with van der Waals surface area (Å²) in [7, 11) is 1.59. The molecule has 4 rings (SSSR count). The van der Waals surface area contributed by atoms with Gasteiger partial charge in [-0.15, -0.1) is 0 Å². The predicted molar refractivity (Wildman–Crippen MR) is 121 cm³/mol. The van der Waals surface area contributed by atoms with E-state index in [-0.39, 0.29) is 23.5 Å². The molecule has 0 atom stereocenters. The second-order valence-corrected chi connectivity index (χ2v) is 8.04. The van der Waals surface area contributed by atoms with Gasteiger partial charge in [0.1, 0.15) is 5.65 Å². The lowest BCUT2D eigenvalue weighted by molar-refractivity contribution is 0.0726. The molecule has 3 heterocycles. The lowest BCUT2D eigenvalue weighted by Crippen LogP contribution is -2.41. The lowest BCUT2D eigenvalue weighted by Gasteiger charge is -2.27. The van der Waals surface area contributed by atoms with E-state index in [2.05, 4.69) is 11.6 Å². The van der Waals surface area contributed by atoms with Gasteiger partial charge in [0, 0.05) is 25.8 Å². The number of hydrogen-bond acceptors (Lipinski definition) is 4. The molecule has 2 aromatic heterocycles. The highest BCUT2D eigenvalue weighted by atomic mass is 16.2. The first-order valence-corrected chi connectivity index (χ1v) is 10.5. The Kier molecular flexibility index (Phi) is 5.59. The van der Waals surface area contributed by atoms with Crippen LogP contribution in [-0.2, 0) is 13.6 Å². The summed E-state index contributed by atoms with van der Waals surface area (Å²) in [6.45, 7) is 6.98. The van der Waals surface area contributed by atoms with E-state index in [0.29, 0.717) is 24.3 Å². The third kappa shape index (κ3) is 3.83. The van der Waals surface area contributed by atoms with Gasteiger partial charge in [0.05, 0.1) is 17.5 Å². The highest BCUT2D eigenvalue weighted by Gasteiger charge is 2.24. The molecule has 160 valence electrons. The van der Waals surface area contributed by atoms with Crippen molar-refractivity contribution in [3.8, 4) is 0 Å². The Hall–Kier alpha value is -3.48. The van der Waals surface area contributed by atoms with E-state index in [1.807, 2.05) is 24.3 Å². The quantitative estimate of drug-likeness (QED) is 0.653. The summed E-state index contributed by atoms with van der Waals surface area (Å²) in [5, 5.41) is 0.200. The van der Waals surface area contributed by atoms with Crippen LogP contribution >= 0.6 is 0 Å². The van der Waals surface area contributed by atoms with Gasteiger partial charge >= 0.3 is 5.69 Å². The van der Waals surface area contributed by atoms with E-state index < -0.39 is 11.2 Å². The number of benzene rings is 1. The van der Waals surface area contributed by atoms with Gasteiger partial charge in [-0.1, -0.05) is 36.9 Å². The number of pyridine rings is 1. The van der Waals surface area contributed by atoms with E-state index in [0.717, 1.165) is 30.4 Å². The van der Waals surface area contributed by atoms with Crippen LogP contribution in [-0.4, -0.2) is 38.0 Å². The monoisotopic (exact) mass is 418 g/mol. The molecule has 31 heavy (non-hydrogen) atoms. The maximum Gasteiger partial charge on any atom is 0.332 e. The molecule has 7 heteroatoms. The van der Waals surface area contributed by atoms with Crippen molar-refractivity contribution in [1.29, 1.82) is 0 Å². The SMILES string of the molecule is C=Cc1ccc(Cn2c(=O)c3c(C(=O)N4CCCCC4)cc(C)nc3n(C)c2=O)cc1. The smallest absolute Gasteiger partial charge is 0.332 e. The van der Waals surface area contributed by atoms with E-state index in [1.54, 1.807) is 31.0 Å². The number of carbonyl (C=O) groups excluding carboxylic acids is 1. The van der Waals surface area contributed by atoms with Gasteiger partial charge in [0.25, 0.3) is 11.5 Å². The van der Waals surface area contributed by atoms with Crippen LogP contribution in [0, 0.1) is 6.92 Å². The molecule has 0 bridgehead atoms. The van der Waals surface area contributed by atoms with E-state index in [1.165, 1.54) is 9.13 Å².